The number of anilines is 1. The second-order valence-electron chi connectivity index (χ2n) is 3.45. The molecule has 0 saturated carbocycles. The highest BCUT2D eigenvalue weighted by Gasteiger charge is 2.12. The van der Waals surface area contributed by atoms with E-state index in [0.29, 0.717) is 13.1 Å². The molecule has 8 nitrogen and oxygen atoms in total. The van der Waals surface area contributed by atoms with Gasteiger partial charge in [0.05, 0.1) is 12.7 Å². The summed E-state index contributed by atoms with van der Waals surface area (Å²) in [6.07, 6.45) is 1.48. The van der Waals surface area contributed by atoms with Gasteiger partial charge in [-0.05, 0) is 11.6 Å². The van der Waals surface area contributed by atoms with Crippen LogP contribution in [0.3, 0.4) is 0 Å². The van der Waals surface area contributed by atoms with Gasteiger partial charge < -0.3 is 11.1 Å². The van der Waals surface area contributed by atoms with Crippen LogP contribution in [-0.2, 0) is 6.54 Å². The molecule has 0 spiro atoms. The van der Waals surface area contributed by atoms with E-state index in [4.69, 9.17) is 28.9 Å². The fourth-order valence-electron chi connectivity index (χ4n) is 1.28. The molecule has 0 bridgehead atoms. The summed E-state index contributed by atoms with van der Waals surface area (Å²) in [5.74, 6) is -0.294. The Balaban J connectivity index is 2.11. The molecule has 0 fully saturated rings. The number of carbonyl (C=O) groups excluding carboxylic acids is 1. The standard InChI is InChI=1S/C9H9Cl2N7O/c10-6-3-7(15-9(11)13-6)14-8(19)5-4-18(2-1-12)17-16-5/h3-4H,1-2,12H2,(H,13,14,15,19). The van der Waals surface area contributed by atoms with Crippen LogP contribution in [0.5, 0.6) is 0 Å². The summed E-state index contributed by atoms with van der Waals surface area (Å²) in [5.41, 5.74) is 5.51. The van der Waals surface area contributed by atoms with Crippen LogP contribution in [0.4, 0.5) is 5.82 Å². The topological polar surface area (TPSA) is 112 Å². The van der Waals surface area contributed by atoms with Crippen LogP contribution in [0.1, 0.15) is 10.5 Å². The van der Waals surface area contributed by atoms with Crippen molar-refractivity contribution in [3.8, 4) is 0 Å². The number of nitrogens with one attached hydrogen (secondary N) is 1. The van der Waals surface area contributed by atoms with Gasteiger partial charge in [-0.25, -0.2) is 9.97 Å². The Hall–Kier alpha value is -1.77. The minimum Gasteiger partial charge on any atom is -0.329 e. The van der Waals surface area contributed by atoms with E-state index >= 15 is 0 Å². The Kier molecular flexibility index (Phi) is 4.25. The molecule has 3 N–H and O–H groups in total. The molecule has 10 heteroatoms. The van der Waals surface area contributed by atoms with Crippen LogP contribution >= 0.6 is 23.2 Å². The van der Waals surface area contributed by atoms with Crippen LogP contribution in [0.25, 0.3) is 0 Å². The van der Waals surface area contributed by atoms with Crippen LogP contribution < -0.4 is 11.1 Å². The first-order valence-electron chi connectivity index (χ1n) is 5.20. The van der Waals surface area contributed by atoms with Gasteiger partial charge in [0.15, 0.2) is 5.69 Å². The van der Waals surface area contributed by atoms with E-state index in [9.17, 15) is 4.79 Å². The number of halogens is 2. The molecule has 100 valence electrons. The van der Waals surface area contributed by atoms with Crippen molar-refractivity contribution >= 4 is 34.9 Å². The summed E-state index contributed by atoms with van der Waals surface area (Å²) in [6, 6.07) is 1.37. The van der Waals surface area contributed by atoms with Gasteiger partial charge in [-0.2, -0.15) is 0 Å². The fraction of sp³-hybridized carbons (Fsp3) is 0.222. The lowest BCUT2D eigenvalue weighted by atomic mass is 10.4. The number of nitrogens with zero attached hydrogens (tertiary/aromatic N) is 5. The zero-order chi connectivity index (χ0) is 13.8. The van der Waals surface area contributed by atoms with Crippen molar-refractivity contribution in [1.82, 2.24) is 25.0 Å². The van der Waals surface area contributed by atoms with Crippen LogP contribution in [-0.4, -0.2) is 37.4 Å². The zero-order valence-electron chi connectivity index (χ0n) is 9.55. The molecule has 0 atom stereocenters. The van der Waals surface area contributed by atoms with E-state index in [-0.39, 0.29) is 21.9 Å². The normalized spacial score (nSPS) is 10.5. The Labute approximate surface area is 117 Å². The molecule has 1 amide bonds. The van der Waals surface area contributed by atoms with Crippen molar-refractivity contribution in [1.29, 1.82) is 0 Å². The van der Waals surface area contributed by atoms with Crippen LogP contribution in [0.15, 0.2) is 12.3 Å². The van der Waals surface area contributed by atoms with Crippen LogP contribution in [0.2, 0.25) is 10.4 Å². The van der Waals surface area contributed by atoms with Crippen molar-refractivity contribution < 1.29 is 4.79 Å². The third kappa shape index (κ3) is 3.60. The molecule has 0 aliphatic carbocycles. The lowest BCUT2D eigenvalue weighted by molar-refractivity contribution is 0.102. The number of rotatable bonds is 4. The quantitative estimate of drug-likeness (QED) is 0.631. The summed E-state index contributed by atoms with van der Waals surface area (Å²) >= 11 is 11.3. The fourth-order valence-corrected chi connectivity index (χ4v) is 1.69. The van der Waals surface area contributed by atoms with Gasteiger partial charge in [0.1, 0.15) is 11.0 Å². The van der Waals surface area contributed by atoms with E-state index in [1.165, 1.54) is 16.9 Å². The first kappa shape index (κ1) is 13.7. The lowest BCUT2D eigenvalue weighted by Crippen LogP contribution is -2.14. The molecule has 2 rings (SSSR count). The second-order valence-corrected chi connectivity index (χ2v) is 4.18. The van der Waals surface area contributed by atoms with Gasteiger partial charge in [-0.1, -0.05) is 16.8 Å². The SMILES string of the molecule is NCCn1cc(C(=O)Nc2cc(Cl)nc(Cl)n2)nn1. The van der Waals surface area contributed by atoms with Gasteiger partial charge >= 0.3 is 0 Å². The maximum absolute atomic E-state index is 11.8. The van der Waals surface area contributed by atoms with Crippen molar-refractivity contribution in [2.24, 2.45) is 5.73 Å². The minimum absolute atomic E-state index is 0.0606. The first-order chi connectivity index (χ1) is 9.08. The highest BCUT2D eigenvalue weighted by molar-refractivity contribution is 6.32. The van der Waals surface area contributed by atoms with Gasteiger partial charge in [-0.15, -0.1) is 5.10 Å². The second kappa shape index (κ2) is 5.91. The number of nitrogens with two attached hydrogens (primary N) is 1. The molecular weight excluding hydrogens is 293 g/mol. The Morgan fingerprint density at radius 2 is 2.21 bits per heavy atom. The van der Waals surface area contributed by atoms with Gasteiger partial charge in [0, 0.05) is 12.6 Å². The van der Waals surface area contributed by atoms with E-state index in [1.807, 2.05) is 0 Å². The van der Waals surface area contributed by atoms with E-state index in [0.717, 1.165) is 0 Å². The van der Waals surface area contributed by atoms with E-state index in [2.05, 4.69) is 25.6 Å². The molecule has 0 radical (unpaired) electrons. The summed E-state index contributed by atoms with van der Waals surface area (Å²) in [4.78, 5) is 19.3. The molecule has 0 aromatic carbocycles. The molecule has 0 aliphatic rings. The lowest BCUT2D eigenvalue weighted by Gasteiger charge is -2.02. The monoisotopic (exact) mass is 301 g/mol. The van der Waals surface area contributed by atoms with E-state index < -0.39 is 5.91 Å². The van der Waals surface area contributed by atoms with Crippen molar-refractivity contribution in [2.75, 3.05) is 11.9 Å². The predicted octanol–water partition coefficient (Wildman–Crippen LogP) is 0.586. The summed E-state index contributed by atoms with van der Waals surface area (Å²) in [7, 11) is 0. The summed E-state index contributed by atoms with van der Waals surface area (Å²) in [6.45, 7) is 0.882. The molecule has 0 aliphatic heterocycles. The average molecular weight is 302 g/mol. The molecule has 2 aromatic heterocycles. The van der Waals surface area contributed by atoms with Gasteiger partial charge in [-0.3, -0.25) is 9.48 Å². The Morgan fingerprint density at radius 1 is 1.42 bits per heavy atom. The van der Waals surface area contributed by atoms with Gasteiger partial charge in [0.2, 0.25) is 5.28 Å². The molecule has 2 aromatic rings. The molecular formula is C9H9Cl2N7O. The predicted molar refractivity (Wildman–Crippen MR) is 69.1 cm³/mol. The summed E-state index contributed by atoms with van der Waals surface area (Å²) in [5, 5.41) is 10.0. The maximum Gasteiger partial charge on any atom is 0.278 e. The first-order valence-corrected chi connectivity index (χ1v) is 5.95. The Bertz CT molecular complexity index is 580. The third-order valence-electron chi connectivity index (χ3n) is 2.04. The molecule has 2 heterocycles. The number of aromatic nitrogens is 5. The molecule has 19 heavy (non-hydrogen) atoms. The highest BCUT2D eigenvalue weighted by Crippen LogP contribution is 2.14. The zero-order valence-corrected chi connectivity index (χ0v) is 11.1. The smallest absolute Gasteiger partial charge is 0.278 e. The average Bonchev–Trinajstić information content (AvgIpc) is 2.76. The molecule has 0 saturated heterocycles. The van der Waals surface area contributed by atoms with Crippen LogP contribution in [0, 0.1) is 0 Å². The number of carbonyl (C=O) groups is 1. The number of hydrogen-bond donors (Lipinski definition) is 2. The third-order valence-corrected chi connectivity index (χ3v) is 2.40. The van der Waals surface area contributed by atoms with Crippen molar-refractivity contribution in [3.05, 3.63) is 28.4 Å². The highest BCUT2D eigenvalue weighted by atomic mass is 35.5. The number of hydrogen-bond acceptors (Lipinski definition) is 6. The molecule has 0 unspecified atom stereocenters. The van der Waals surface area contributed by atoms with Gasteiger partial charge in [0.25, 0.3) is 5.91 Å². The Morgan fingerprint density at radius 3 is 2.89 bits per heavy atom. The summed E-state index contributed by atoms with van der Waals surface area (Å²) < 4.78 is 1.47. The minimum atomic E-state index is -0.478. The van der Waals surface area contributed by atoms with E-state index in [1.54, 1.807) is 0 Å². The number of amides is 1. The van der Waals surface area contributed by atoms with Crippen molar-refractivity contribution in [2.45, 2.75) is 6.54 Å². The largest absolute Gasteiger partial charge is 0.329 e. The maximum atomic E-state index is 11.8. The van der Waals surface area contributed by atoms with Crippen molar-refractivity contribution in [3.63, 3.8) is 0 Å².